The summed E-state index contributed by atoms with van der Waals surface area (Å²) in [5, 5.41) is 11.8. The van der Waals surface area contributed by atoms with Crippen LogP contribution in [-0.4, -0.2) is 33.6 Å². The van der Waals surface area contributed by atoms with Gasteiger partial charge < -0.3 is 9.67 Å². The summed E-state index contributed by atoms with van der Waals surface area (Å²) in [6, 6.07) is 20.5. The number of anilines is 1. The van der Waals surface area contributed by atoms with Crippen molar-refractivity contribution in [2.75, 3.05) is 11.9 Å². The first kappa shape index (κ1) is 24.1. The third kappa shape index (κ3) is 5.55. The number of rotatable bonds is 8. The molecule has 0 radical (unpaired) electrons. The molecule has 0 aliphatic rings. The maximum absolute atomic E-state index is 13.3. The van der Waals surface area contributed by atoms with Crippen LogP contribution < -0.4 is 10.5 Å². The fourth-order valence-corrected chi connectivity index (χ4v) is 4.77. The Morgan fingerprint density at radius 1 is 1.03 bits per heavy atom. The number of pyridine rings is 1. The van der Waals surface area contributed by atoms with E-state index in [9.17, 15) is 19.5 Å². The fourth-order valence-electron chi connectivity index (χ4n) is 3.98. The average molecular weight is 488 g/mol. The van der Waals surface area contributed by atoms with Crippen molar-refractivity contribution < 1.29 is 14.7 Å². The standard InChI is InChI=1S/C27H25N3O4S/c1-29-16-19(12-13-24(29)31)21-10-6-7-11-22(21)23-17-35-27(28-23)30(2)26(34)20(15-25(32)33)14-18-8-4-3-5-9-18/h3-13,16-17,20H,14-15H2,1-2H3,(H,32,33). The third-order valence-corrected chi connectivity index (χ3v) is 6.72. The van der Waals surface area contributed by atoms with E-state index in [2.05, 4.69) is 0 Å². The number of amides is 1. The molecule has 0 aliphatic heterocycles. The molecule has 4 rings (SSSR count). The summed E-state index contributed by atoms with van der Waals surface area (Å²) < 4.78 is 1.53. The Morgan fingerprint density at radius 2 is 1.71 bits per heavy atom. The number of aryl methyl sites for hydroxylation is 1. The third-order valence-electron chi connectivity index (χ3n) is 5.80. The van der Waals surface area contributed by atoms with Crippen molar-refractivity contribution in [1.82, 2.24) is 9.55 Å². The molecule has 0 fully saturated rings. The zero-order chi connectivity index (χ0) is 24.9. The van der Waals surface area contributed by atoms with Crippen LogP contribution in [0.5, 0.6) is 0 Å². The number of carbonyl (C=O) groups excluding carboxylic acids is 1. The number of hydrogen-bond acceptors (Lipinski definition) is 5. The quantitative estimate of drug-likeness (QED) is 0.396. The Balaban J connectivity index is 1.61. The summed E-state index contributed by atoms with van der Waals surface area (Å²) in [5.74, 6) is -2.01. The number of benzene rings is 2. The van der Waals surface area contributed by atoms with E-state index in [4.69, 9.17) is 4.98 Å². The van der Waals surface area contributed by atoms with E-state index in [-0.39, 0.29) is 17.9 Å². The molecule has 0 saturated carbocycles. The van der Waals surface area contributed by atoms with Gasteiger partial charge in [-0.3, -0.25) is 19.3 Å². The number of carboxylic acids is 1. The number of aliphatic carboxylic acids is 1. The summed E-state index contributed by atoms with van der Waals surface area (Å²) in [6.45, 7) is 0. The molecule has 2 heterocycles. The van der Waals surface area contributed by atoms with Crippen molar-refractivity contribution >= 4 is 28.3 Å². The highest BCUT2D eigenvalue weighted by Gasteiger charge is 2.27. The van der Waals surface area contributed by atoms with Gasteiger partial charge in [-0.1, -0.05) is 54.6 Å². The molecule has 0 saturated heterocycles. The van der Waals surface area contributed by atoms with Crippen LogP contribution in [0.2, 0.25) is 0 Å². The average Bonchev–Trinajstić information content (AvgIpc) is 3.35. The van der Waals surface area contributed by atoms with Crippen molar-refractivity contribution in [2.24, 2.45) is 13.0 Å². The largest absolute Gasteiger partial charge is 0.481 e. The van der Waals surface area contributed by atoms with Gasteiger partial charge >= 0.3 is 5.97 Å². The van der Waals surface area contributed by atoms with Crippen LogP contribution in [0.15, 0.2) is 83.1 Å². The Hall–Kier alpha value is -4.04. The van der Waals surface area contributed by atoms with Crippen LogP contribution in [0.3, 0.4) is 0 Å². The lowest BCUT2D eigenvalue weighted by Gasteiger charge is -2.21. The van der Waals surface area contributed by atoms with E-state index < -0.39 is 11.9 Å². The van der Waals surface area contributed by atoms with Crippen LogP contribution in [0.4, 0.5) is 5.13 Å². The van der Waals surface area contributed by atoms with Crippen LogP contribution >= 0.6 is 11.3 Å². The fraction of sp³-hybridized carbons (Fsp3) is 0.185. The van der Waals surface area contributed by atoms with Crippen LogP contribution in [0, 0.1) is 5.92 Å². The van der Waals surface area contributed by atoms with Gasteiger partial charge in [0.1, 0.15) is 0 Å². The van der Waals surface area contributed by atoms with Gasteiger partial charge in [0.15, 0.2) is 5.13 Å². The Morgan fingerprint density at radius 3 is 2.40 bits per heavy atom. The van der Waals surface area contributed by atoms with Gasteiger partial charge in [0.25, 0.3) is 0 Å². The van der Waals surface area contributed by atoms with E-state index in [1.165, 1.54) is 26.9 Å². The number of nitrogens with zero attached hydrogens (tertiary/aromatic N) is 3. The summed E-state index contributed by atoms with van der Waals surface area (Å²) in [5.41, 5.74) is 4.20. The molecule has 0 spiro atoms. The molecule has 35 heavy (non-hydrogen) atoms. The van der Waals surface area contributed by atoms with Gasteiger partial charge in [0.2, 0.25) is 11.5 Å². The van der Waals surface area contributed by atoms with Gasteiger partial charge in [-0.25, -0.2) is 4.98 Å². The molecular formula is C27H25N3O4S. The zero-order valence-electron chi connectivity index (χ0n) is 19.4. The molecule has 8 heteroatoms. The Bertz CT molecular complexity index is 1410. The Kier molecular flexibility index (Phi) is 7.22. The number of carbonyl (C=O) groups is 2. The summed E-state index contributed by atoms with van der Waals surface area (Å²) in [6.07, 6.45) is 1.86. The van der Waals surface area contributed by atoms with E-state index in [0.717, 1.165) is 22.3 Å². The second-order valence-corrected chi connectivity index (χ2v) is 9.15. The molecule has 178 valence electrons. The molecule has 1 unspecified atom stereocenters. The SMILES string of the molecule is CN(C(=O)C(CC(=O)O)Cc1ccccc1)c1nc(-c2ccccc2-c2ccc(=O)n(C)c2)cs1. The lowest BCUT2D eigenvalue weighted by Crippen LogP contribution is -2.35. The van der Waals surface area contributed by atoms with Crippen molar-refractivity contribution in [3.05, 3.63) is 94.2 Å². The predicted octanol–water partition coefficient (Wildman–Crippen LogP) is 4.47. The summed E-state index contributed by atoms with van der Waals surface area (Å²) in [4.78, 5) is 42.7. The minimum atomic E-state index is -1.02. The molecule has 1 N–H and O–H groups in total. The molecular weight excluding hydrogens is 462 g/mol. The van der Waals surface area contributed by atoms with Gasteiger partial charge in [-0.15, -0.1) is 11.3 Å². The summed E-state index contributed by atoms with van der Waals surface area (Å²) >= 11 is 1.32. The zero-order valence-corrected chi connectivity index (χ0v) is 20.2. The topological polar surface area (TPSA) is 92.5 Å². The maximum atomic E-state index is 13.3. The van der Waals surface area contributed by atoms with Crippen molar-refractivity contribution in [2.45, 2.75) is 12.8 Å². The van der Waals surface area contributed by atoms with Crippen molar-refractivity contribution in [3.63, 3.8) is 0 Å². The molecule has 7 nitrogen and oxygen atoms in total. The number of aromatic nitrogens is 2. The number of thiazole rings is 1. The van der Waals surface area contributed by atoms with Gasteiger partial charge in [-0.2, -0.15) is 0 Å². The lowest BCUT2D eigenvalue weighted by molar-refractivity contribution is -0.140. The summed E-state index contributed by atoms with van der Waals surface area (Å²) in [7, 11) is 3.34. The van der Waals surface area contributed by atoms with Crippen LogP contribution in [0.1, 0.15) is 12.0 Å². The number of carboxylic acid groups (broad SMARTS) is 1. The van der Waals surface area contributed by atoms with Crippen LogP contribution in [0.25, 0.3) is 22.4 Å². The first-order valence-corrected chi connectivity index (χ1v) is 12.0. The van der Waals surface area contributed by atoms with E-state index in [1.54, 1.807) is 26.4 Å². The molecule has 0 aliphatic carbocycles. The maximum Gasteiger partial charge on any atom is 0.304 e. The predicted molar refractivity (Wildman–Crippen MR) is 138 cm³/mol. The molecule has 2 aromatic heterocycles. The van der Waals surface area contributed by atoms with Gasteiger partial charge in [-0.05, 0) is 29.2 Å². The van der Waals surface area contributed by atoms with E-state index in [0.29, 0.717) is 17.2 Å². The molecule has 4 aromatic rings. The van der Waals surface area contributed by atoms with E-state index in [1.807, 2.05) is 60.0 Å². The lowest BCUT2D eigenvalue weighted by atomic mass is 9.95. The molecule has 1 atom stereocenters. The Labute approximate surface area is 206 Å². The minimum absolute atomic E-state index is 0.0891. The molecule has 0 bridgehead atoms. The van der Waals surface area contributed by atoms with Gasteiger partial charge in [0.05, 0.1) is 18.0 Å². The monoisotopic (exact) mass is 487 g/mol. The number of hydrogen-bond donors (Lipinski definition) is 1. The van der Waals surface area contributed by atoms with Crippen LogP contribution in [-0.2, 0) is 23.1 Å². The highest BCUT2D eigenvalue weighted by Crippen LogP contribution is 2.34. The van der Waals surface area contributed by atoms with Crippen molar-refractivity contribution in [3.8, 4) is 22.4 Å². The first-order chi connectivity index (χ1) is 16.8. The minimum Gasteiger partial charge on any atom is -0.481 e. The highest BCUT2D eigenvalue weighted by atomic mass is 32.1. The van der Waals surface area contributed by atoms with E-state index >= 15 is 0 Å². The second-order valence-electron chi connectivity index (χ2n) is 8.31. The smallest absolute Gasteiger partial charge is 0.304 e. The van der Waals surface area contributed by atoms with Crippen molar-refractivity contribution in [1.29, 1.82) is 0 Å². The first-order valence-electron chi connectivity index (χ1n) is 11.1. The normalized spacial score (nSPS) is 11.7. The molecule has 1 amide bonds. The highest BCUT2D eigenvalue weighted by molar-refractivity contribution is 7.14. The molecule has 2 aromatic carbocycles. The van der Waals surface area contributed by atoms with Gasteiger partial charge in [0, 0.05) is 37.3 Å². The second kappa shape index (κ2) is 10.5.